The van der Waals surface area contributed by atoms with Crippen molar-refractivity contribution in [1.29, 1.82) is 5.26 Å². The van der Waals surface area contributed by atoms with Crippen LogP contribution in [-0.4, -0.2) is 19.6 Å². The highest BCUT2D eigenvalue weighted by Crippen LogP contribution is 2.27. The summed E-state index contributed by atoms with van der Waals surface area (Å²) in [6, 6.07) is 9.02. The number of hydrogen-bond donors (Lipinski definition) is 1. The summed E-state index contributed by atoms with van der Waals surface area (Å²) in [5, 5.41) is 11.4. The van der Waals surface area contributed by atoms with E-state index in [1.807, 2.05) is 6.07 Å². The minimum absolute atomic E-state index is 0.172. The zero-order valence-electron chi connectivity index (χ0n) is 13.7. The molecule has 2 aromatic rings. The predicted octanol–water partition coefficient (Wildman–Crippen LogP) is 3.10. The Hall–Kier alpha value is -3.14. The number of benzene rings is 2. The Morgan fingerprint density at radius 2 is 2.00 bits per heavy atom. The van der Waals surface area contributed by atoms with Crippen LogP contribution in [0.2, 0.25) is 0 Å². The van der Waals surface area contributed by atoms with Crippen molar-refractivity contribution in [2.45, 2.75) is 13.0 Å². The lowest BCUT2D eigenvalue weighted by molar-refractivity contribution is -0.123. The smallest absolute Gasteiger partial charge is 0.258 e. The molecule has 0 saturated carbocycles. The van der Waals surface area contributed by atoms with Crippen molar-refractivity contribution in [2.24, 2.45) is 0 Å². The summed E-state index contributed by atoms with van der Waals surface area (Å²) in [7, 11) is 1.42. The average molecular weight is 346 g/mol. The maximum Gasteiger partial charge on any atom is 0.258 e. The number of halogens is 2. The molecule has 2 aromatic carbocycles. The number of nitriles is 1. The maximum atomic E-state index is 13.7. The Labute approximate surface area is 143 Å². The summed E-state index contributed by atoms with van der Waals surface area (Å²) >= 11 is 0. The number of hydrogen-bond acceptors (Lipinski definition) is 4. The molecule has 0 spiro atoms. The van der Waals surface area contributed by atoms with Crippen molar-refractivity contribution in [3.05, 3.63) is 59.2 Å². The number of ether oxygens (including phenoxy) is 2. The summed E-state index contributed by atoms with van der Waals surface area (Å²) in [6.07, 6.45) is 0. The van der Waals surface area contributed by atoms with Gasteiger partial charge in [0.25, 0.3) is 5.91 Å². The van der Waals surface area contributed by atoms with E-state index in [-0.39, 0.29) is 12.2 Å². The Morgan fingerprint density at radius 3 is 2.64 bits per heavy atom. The van der Waals surface area contributed by atoms with Gasteiger partial charge in [0, 0.05) is 17.7 Å². The molecule has 1 atom stereocenters. The van der Waals surface area contributed by atoms with Gasteiger partial charge in [0.2, 0.25) is 0 Å². The summed E-state index contributed by atoms with van der Waals surface area (Å²) in [4.78, 5) is 12.0. The molecular weight excluding hydrogens is 330 g/mol. The minimum Gasteiger partial charge on any atom is -0.493 e. The Morgan fingerprint density at radius 1 is 1.24 bits per heavy atom. The van der Waals surface area contributed by atoms with E-state index in [4.69, 9.17) is 14.7 Å². The third-order valence-corrected chi connectivity index (χ3v) is 3.46. The molecule has 0 aromatic heterocycles. The average Bonchev–Trinajstić information content (AvgIpc) is 2.59. The van der Waals surface area contributed by atoms with Gasteiger partial charge in [-0.3, -0.25) is 4.79 Å². The number of carbonyl (C=O) groups excluding carboxylic acids is 1. The number of nitrogens with zero attached hydrogens (tertiary/aromatic N) is 1. The van der Waals surface area contributed by atoms with Gasteiger partial charge in [-0.2, -0.15) is 5.26 Å². The lowest BCUT2D eigenvalue weighted by Crippen LogP contribution is -2.31. The van der Waals surface area contributed by atoms with E-state index in [2.05, 4.69) is 5.32 Å². The number of methoxy groups -OCH3 is 1. The van der Waals surface area contributed by atoms with Crippen molar-refractivity contribution in [3.8, 4) is 17.6 Å². The van der Waals surface area contributed by atoms with Crippen LogP contribution >= 0.6 is 0 Å². The quantitative estimate of drug-likeness (QED) is 0.872. The van der Waals surface area contributed by atoms with E-state index in [0.717, 1.165) is 12.1 Å². The van der Waals surface area contributed by atoms with E-state index in [1.54, 1.807) is 6.92 Å². The van der Waals surface area contributed by atoms with Gasteiger partial charge in [0.15, 0.2) is 18.1 Å². The van der Waals surface area contributed by atoms with Gasteiger partial charge < -0.3 is 14.8 Å². The molecule has 2 rings (SSSR count). The number of amides is 1. The fraction of sp³-hybridized carbons (Fsp3) is 0.222. The fourth-order valence-electron chi connectivity index (χ4n) is 2.21. The van der Waals surface area contributed by atoms with E-state index in [9.17, 15) is 13.6 Å². The lowest BCUT2D eigenvalue weighted by atomic mass is 10.1. The molecule has 0 heterocycles. The Bertz CT molecular complexity index is 818. The molecule has 0 aliphatic heterocycles. The topological polar surface area (TPSA) is 71.3 Å². The first-order valence-corrected chi connectivity index (χ1v) is 7.40. The lowest BCUT2D eigenvalue weighted by Gasteiger charge is -2.16. The maximum absolute atomic E-state index is 13.7. The normalized spacial score (nSPS) is 11.3. The molecule has 0 fully saturated rings. The molecule has 130 valence electrons. The highest BCUT2D eigenvalue weighted by molar-refractivity contribution is 5.78. The number of rotatable bonds is 6. The van der Waals surface area contributed by atoms with E-state index in [0.29, 0.717) is 17.1 Å². The predicted molar refractivity (Wildman–Crippen MR) is 86.1 cm³/mol. The summed E-state index contributed by atoms with van der Waals surface area (Å²) in [5.74, 6) is -1.28. The molecule has 1 amide bonds. The number of carbonyl (C=O) groups is 1. The first-order valence-electron chi connectivity index (χ1n) is 7.40. The standard InChI is InChI=1S/C18H16F2N2O3/c1-11(14-5-4-13(19)8-15(14)20)22-18(23)10-25-16-6-3-12(9-21)7-17(16)24-2/h3-8,11H,10H2,1-2H3,(H,22,23). The SMILES string of the molecule is COc1cc(C#N)ccc1OCC(=O)NC(C)c1ccc(F)cc1F. The largest absolute Gasteiger partial charge is 0.493 e. The summed E-state index contributed by atoms with van der Waals surface area (Å²) < 4.78 is 37.1. The molecule has 25 heavy (non-hydrogen) atoms. The molecule has 0 radical (unpaired) electrons. The van der Waals surface area contributed by atoms with Crippen molar-refractivity contribution in [3.63, 3.8) is 0 Å². The van der Waals surface area contributed by atoms with E-state index < -0.39 is 23.6 Å². The van der Waals surface area contributed by atoms with E-state index in [1.165, 1.54) is 31.4 Å². The molecular formula is C18H16F2N2O3. The van der Waals surface area contributed by atoms with Crippen LogP contribution in [0.25, 0.3) is 0 Å². The second kappa shape index (κ2) is 8.11. The van der Waals surface area contributed by atoms with Crippen LogP contribution in [0.3, 0.4) is 0 Å². The second-order valence-electron chi connectivity index (χ2n) is 5.22. The van der Waals surface area contributed by atoms with Crippen LogP contribution in [0.1, 0.15) is 24.1 Å². The molecule has 0 aliphatic carbocycles. The summed E-state index contributed by atoms with van der Waals surface area (Å²) in [5.41, 5.74) is 0.569. The molecule has 0 aliphatic rings. The first kappa shape index (κ1) is 18.2. The second-order valence-corrected chi connectivity index (χ2v) is 5.22. The van der Waals surface area contributed by atoms with Crippen molar-refractivity contribution in [2.75, 3.05) is 13.7 Å². The molecule has 0 bridgehead atoms. The van der Waals surface area contributed by atoms with Crippen LogP contribution in [-0.2, 0) is 4.79 Å². The van der Waals surface area contributed by atoms with Crippen LogP contribution in [0.15, 0.2) is 36.4 Å². The molecule has 5 nitrogen and oxygen atoms in total. The third-order valence-electron chi connectivity index (χ3n) is 3.46. The van der Waals surface area contributed by atoms with Crippen LogP contribution in [0.4, 0.5) is 8.78 Å². The molecule has 7 heteroatoms. The van der Waals surface area contributed by atoms with Gasteiger partial charge in [0.1, 0.15) is 11.6 Å². The van der Waals surface area contributed by atoms with Crippen LogP contribution in [0.5, 0.6) is 11.5 Å². The highest BCUT2D eigenvalue weighted by atomic mass is 19.1. The van der Waals surface area contributed by atoms with Crippen LogP contribution in [0, 0.1) is 23.0 Å². The van der Waals surface area contributed by atoms with E-state index >= 15 is 0 Å². The van der Waals surface area contributed by atoms with Gasteiger partial charge >= 0.3 is 0 Å². The minimum atomic E-state index is -0.734. The van der Waals surface area contributed by atoms with Crippen molar-refractivity contribution >= 4 is 5.91 Å². The van der Waals surface area contributed by atoms with Crippen molar-refractivity contribution in [1.82, 2.24) is 5.32 Å². The first-order chi connectivity index (χ1) is 11.9. The van der Waals surface area contributed by atoms with Crippen molar-refractivity contribution < 1.29 is 23.0 Å². The van der Waals surface area contributed by atoms with Crippen LogP contribution < -0.4 is 14.8 Å². The Kier molecular flexibility index (Phi) is 5.90. The number of nitrogens with one attached hydrogen (secondary N) is 1. The molecule has 1 N–H and O–H groups in total. The van der Waals surface area contributed by atoms with Gasteiger partial charge in [-0.05, 0) is 25.1 Å². The summed E-state index contributed by atoms with van der Waals surface area (Å²) in [6.45, 7) is 1.26. The monoisotopic (exact) mass is 346 g/mol. The third kappa shape index (κ3) is 4.67. The van der Waals surface area contributed by atoms with Gasteiger partial charge in [0.05, 0.1) is 24.8 Å². The zero-order valence-corrected chi connectivity index (χ0v) is 13.7. The molecule has 0 saturated heterocycles. The van der Waals surface area contributed by atoms with Gasteiger partial charge in [-0.25, -0.2) is 8.78 Å². The highest BCUT2D eigenvalue weighted by Gasteiger charge is 2.15. The molecule has 1 unspecified atom stereocenters. The zero-order chi connectivity index (χ0) is 18.4. The van der Waals surface area contributed by atoms with Gasteiger partial charge in [-0.15, -0.1) is 0 Å². The van der Waals surface area contributed by atoms with Gasteiger partial charge in [-0.1, -0.05) is 6.07 Å². The fourth-order valence-corrected chi connectivity index (χ4v) is 2.21. The Balaban J connectivity index is 1.98.